The van der Waals surface area contributed by atoms with Crippen LogP contribution in [0.2, 0.25) is 0 Å². The highest BCUT2D eigenvalue weighted by atomic mass is 16.5. The van der Waals surface area contributed by atoms with Gasteiger partial charge in [-0.05, 0) is 43.4 Å². The summed E-state index contributed by atoms with van der Waals surface area (Å²) in [6.45, 7) is 3.04. The van der Waals surface area contributed by atoms with Crippen molar-refractivity contribution >= 4 is 5.97 Å². The van der Waals surface area contributed by atoms with E-state index < -0.39 is 0 Å². The normalized spacial score (nSPS) is 51.9. The number of carbonyl (C=O) groups is 1. The molecule has 0 aromatic heterocycles. The van der Waals surface area contributed by atoms with Crippen LogP contribution in [0.15, 0.2) is 0 Å². The second-order valence-corrected chi connectivity index (χ2v) is 5.30. The van der Waals surface area contributed by atoms with E-state index in [1.54, 1.807) is 0 Å². The molecule has 3 nitrogen and oxygen atoms in total. The first-order valence-electron chi connectivity index (χ1n) is 5.91. The molecule has 1 heterocycles. The lowest BCUT2D eigenvalue weighted by Crippen LogP contribution is -2.33. The van der Waals surface area contributed by atoms with Crippen LogP contribution in [0.3, 0.4) is 0 Å². The summed E-state index contributed by atoms with van der Waals surface area (Å²) in [6.07, 6.45) is 2.67. The third-order valence-electron chi connectivity index (χ3n) is 4.83. The van der Waals surface area contributed by atoms with Crippen molar-refractivity contribution in [1.29, 1.82) is 0 Å². The van der Waals surface area contributed by atoms with Crippen molar-refractivity contribution in [3.05, 3.63) is 0 Å². The average molecular weight is 210 g/mol. The van der Waals surface area contributed by atoms with Crippen LogP contribution in [-0.2, 0) is 14.3 Å². The lowest BCUT2D eigenvalue weighted by Gasteiger charge is -2.29. The van der Waals surface area contributed by atoms with Crippen molar-refractivity contribution in [1.82, 2.24) is 0 Å². The fourth-order valence-corrected chi connectivity index (χ4v) is 4.30. The molecule has 1 saturated heterocycles. The molecule has 0 radical (unpaired) electrons. The summed E-state index contributed by atoms with van der Waals surface area (Å²) in [4.78, 5) is 11.6. The minimum atomic E-state index is 0.000466. The quantitative estimate of drug-likeness (QED) is 0.615. The fourth-order valence-electron chi connectivity index (χ4n) is 4.30. The molecule has 6 atom stereocenters. The fraction of sp³-hybridized carbons (Fsp3) is 0.917. The van der Waals surface area contributed by atoms with Gasteiger partial charge in [-0.2, -0.15) is 0 Å². The summed E-state index contributed by atoms with van der Waals surface area (Å²) in [7, 11) is 1.50. The van der Waals surface area contributed by atoms with E-state index in [1.807, 2.05) is 0 Å². The van der Waals surface area contributed by atoms with Gasteiger partial charge in [0, 0.05) is 0 Å². The van der Waals surface area contributed by atoms with E-state index in [0.717, 1.165) is 18.9 Å². The van der Waals surface area contributed by atoms with Gasteiger partial charge in [0.1, 0.15) is 0 Å². The zero-order valence-electron chi connectivity index (χ0n) is 9.31. The minimum absolute atomic E-state index is 0.000466. The molecule has 0 aromatic carbocycles. The Morgan fingerprint density at radius 3 is 2.87 bits per heavy atom. The SMILES string of the molecule is COC(=O)C1CC2CC1C1COC(C)C21. The van der Waals surface area contributed by atoms with Crippen LogP contribution >= 0.6 is 0 Å². The van der Waals surface area contributed by atoms with Gasteiger partial charge in [-0.1, -0.05) is 0 Å². The van der Waals surface area contributed by atoms with Gasteiger partial charge >= 0.3 is 5.97 Å². The molecule has 3 aliphatic rings. The molecule has 3 heteroatoms. The Balaban J connectivity index is 1.80. The Morgan fingerprint density at radius 2 is 2.13 bits per heavy atom. The van der Waals surface area contributed by atoms with Gasteiger partial charge in [-0.25, -0.2) is 0 Å². The molecule has 2 saturated carbocycles. The summed E-state index contributed by atoms with van der Waals surface area (Å²) in [6, 6.07) is 0. The van der Waals surface area contributed by atoms with Crippen LogP contribution in [0.25, 0.3) is 0 Å². The number of methoxy groups -OCH3 is 1. The summed E-state index contributed by atoms with van der Waals surface area (Å²) in [5.74, 6) is 2.76. The topological polar surface area (TPSA) is 35.5 Å². The van der Waals surface area contributed by atoms with E-state index >= 15 is 0 Å². The van der Waals surface area contributed by atoms with E-state index in [4.69, 9.17) is 9.47 Å². The van der Waals surface area contributed by atoms with Crippen LogP contribution in [0.5, 0.6) is 0 Å². The molecule has 1 aliphatic heterocycles. The molecule has 84 valence electrons. The minimum Gasteiger partial charge on any atom is -0.469 e. The zero-order valence-corrected chi connectivity index (χ0v) is 9.31. The van der Waals surface area contributed by atoms with Crippen molar-refractivity contribution in [3.63, 3.8) is 0 Å². The molecule has 0 amide bonds. The molecule has 2 aliphatic carbocycles. The Morgan fingerprint density at radius 1 is 1.33 bits per heavy atom. The van der Waals surface area contributed by atoms with Crippen molar-refractivity contribution in [2.24, 2.45) is 29.6 Å². The zero-order chi connectivity index (χ0) is 10.6. The Hall–Kier alpha value is -0.570. The smallest absolute Gasteiger partial charge is 0.308 e. The molecule has 6 unspecified atom stereocenters. The molecule has 0 aromatic rings. The molecule has 0 N–H and O–H groups in total. The number of fused-ring (bicyclic) bond motifs is 5. The largest absolute Gasteiger partial charge is 0.469 e. The van der Waals surface area contributed by atoms with Gasteiger partial charge in [0.25, 0.3) is 0 Å². The standard InChI is InChI=1S/C12H18O3/c1-6-11-7-3-8(10(11)5-15-6)9(4-7)12(13)14-2/h6-11H,3-5H2,1-2H3. The predicted octanol–water partition coefficient (Wildman–Crippen LogP) is 1.47. The van der Waals surface area contributed by atoms with Crippen LogP contribution < -0.4 is 0 Å². The first-order chi connectivity index (χ1) is 7.22. The van der Waals surface area contributed by atoms with Gasteiger partial charge in [-0.15, -0.1) is 0 Å². The molecule has 0 spiro atoms. The second-order valence-electron chi connectivity index (χ2n) is 5.30. The molecule has 15 heavy (non-hydrogen) atoms. The lowest BCUT2D eigenvalue weighted by molar-refractivity contribution is -0.148. The summed E-state index contributed by atoms with van der Waals surface area (Å²) >= 11 is 0. The van der Waals surface area contributed by atoms with Crippen molar-refractivity contribution in [2.75, 3.05) is 13.7 Å². The first kappa shape index (κ1) is 9.64. The monoisotopic (exact) mass is 210 g/mol. The number of rotatable bonds is 1. The lowest BCUT2D eigenvalue weighted by atomic mass is 9.74. The number of ether oxygens (including phenoxy) is 2. The van der Waals surface area contributed by atoms with Crippen LogP contribution in [-0.4, -0.2) is 25.8 Å². The summed E-state index contributed by atoms with van der Waals surface area (Å²) in [5, 5.41) is 0. The maximum Gasteiger partial charge on any atom is 0.308 e. The van der Waals surface area contributed by atoms with Crippen LogP contribution in [0.1, 0.15) is 19.8 Å². The van der Waals surface area contributed by atoms with Crippen LogP contribution in [0.4, 0.5) is 0 Å². The highest BCUT2D eigenvalue weighted by molar-refractivity contribution is 5.73. The van der Waals surface area contributed by atoms with Crippen molar-refractivity contribution in [2.45, 2.75) is 25.9 Å². The van der Waals surface area contributed by atoms with E-state index in [2.05, 4.69) is 6.92 Å². The third-order valence-corrected chi connectivity index (χ3v) is 4.83. The van der Waals surface area contributed by atoms with E-state index in [9.17, 15) is 4.79 Å². The van der Waals surface area contributed by atoms with Crippen molar-refractivity contribution < 1.29 is 14.3 Å². The Labute approximate surface area is 90.1 Å². The van der Waals surface area contributed by atoms with Gasteiger partial charge in [0.05, 0.1) is 25.7 Å². The maximum atomic E-state index is 11.6. The first-order valence-corrected chi connectivity index (χ1v) is 5.91. The van der Waals surface area contributed by atoms with Crippen LogP contribution in [0, 0.1) is 29.6 Å². The third kappa shape index (κ3) is 1.19. The van der Waals surface area contributed by atoms with Gasteiger partial charge in [0.2, 0.25) is 0 Å². The van der Waals surface area contributed by atoms with Gasteiger partial charge in [0.15, 0.2) is 0 Å². The second kappa shape index (κ2) is 3.21. The van der Waals surface area contributed by atoms with E-state index in [1.165, 1.54) is 13.5 Å². The Kier molecular flexibility index (Phi) is 2.06. The molecular formula is C12H18O3. The maximum absolute atomic E-state index is 11.6. The average Bonchev–Trinajstić information content (AvgIpc) is 2.88. The molecule has 3 rings (SSSR count). The molecule has 3 fully saturated rings. The Bertz CT molecular complexity index is 289. The molecule has 2 bridgehead atoms. The highest BCUT2D eigenvalue weighted by Gasteiger charge is 2.58. The number of hydrogen-bond acceptors (Lipinski definition) is 3. The van der Waals surface area contributed by atoms with E-state index in [-0.39, 0.29) is 11.9 Å². The van der Waals surface area contributed by atoms with Gasteiger partial charge < -0.3 is 9.47 Å². The number of esters is 1. The predicted molar refractivity (Wildman–Crippen MR) is 54.1 cm³/mol. The molecular weight excluding hydrogens is 192 g/mol. The highest BCUT2D eigenvalue weighted by Crippen LogP contribution is 2.59. The van der Waals surface area contributed by atoms with E-state index in [0.29, 0.717) is 23.9 Å². The number of hydrogen-bond donors (Lipinski definition) is 0. The van der Waals surface area contributed by atoms with Gasteiger partial charge in [-0.3, -0.25) is 4.79 Å². The number of carbonyl (C=O) groups excluding carboxylic acids is 1. The van der Waals surface area contributed by atoms with Crippen molar-refractivity contribution in [3.8, 4) is 0 Å². The summed E-state index contributed by atoms with van der Waals surface area (Å²) < 4.78 is 10.6. The summed E-state index contributed by atoms with van der Waals surface area (Å²) in [5.41, 5.74) is 0.